The van der Waals surface area contributed by atoms with Crippen molar-refractivity contribution in [3.05, 3.63) is 45.6 Å². The van der Waals surface area contributed by atoms with Gasteiger partial charge in [0.1, 0.15) is 0 Å². The first-order valence-electron chi connectivity index (χ1n) is 8.36. The number of benzene rings is 1. The first-order chi connectivity index (χ1) is 11.9. The molecule has 1 saturated heterocycles. The summed E-state index contributed by atoms with van der Waals surface area (Å²) in [5.74, 6) is -0.205. The third kappa shape index (κ3) is 3.78. The molecule has 0 atom stereocenters. The summed E-state index contributed by atoms with van der Waals surface area (Å²) in [4.78, 5) is 13.3. The van der Waals surface area contributed by atoms with Gasteiger partial charge in [-0.2, -0.15) is 4.31 Å². The molecule has 2 aromatic rings. The minimum Gasteiger partial charge on any atom is -0.321 e. The van der Waals surface area contributed by atoms with Crippen LogP contribution in [0.4, 0.5) is 5.69 Å². The molecule has 134 valence electrons. The number of nitrogens with one attached hydrogen (secondary N) is 1. The van der Waals surface area contributed by atoms with E-state index in [1.165, 1.54) is 15.6 Å². The summed E-state index contributed by atoms with van der Waals surface area (Å²) in [6, 6.07) is 6.82. The second-order valence-electron chi connectivity index (χ2n) is 6.33. The molecule has 1 amide bonds. The van der Waals surface area contributed by atoms with E-state index in [9.17, 15) is 13.2 Å². The lowest BCUT2D eigenvalue weighted by Gasteiger charge is -2.26. The molecule has 7 heteroatoms. The Labute approximate surface area is 152 Å². The van der Waals surface area contributed by atoms with Crippen LogP contribution in [0.3, 0.4) is 0 Å². The zero-order valence-corrected chi connectivity index (χ0v) is 16.0. The molecule has 1 fully saturated rings. The van der Waals surface area contributed by atoms with Gasteiger partial charge in [-0.05, 0) is 61.4 Å². The van der Waals surface area contributed by atoms with Crippen molar-refractivity contribution < 1.29 is 13.2 Å². The molecule has 0 spiro atoms. The number of aryl methyl sites for hydroxylation is 2. The van der Waals surface area contributed by atoms with Crippen LogP contribution >= 0.6 is 11.3 Å². The lowest BCUT2D eigenvalue weighted by Crippen LogP contribution is -2.35. The fourth-order valence-electron chi connectivity index (χ4n) is 2.93. The fourth-order valence-corrected chi connectivity index (χ4v) is 5.30. The number of piperidine rings is 1. The third-order valence-electron chi connectivity index (χ3n) is 4.48. The van der Waals surface area contributed by atoms with Crippen molar-refractivity contribution >= 4 is 33.0 Å². The summed E-state index contributed by atoms with van der Waals surface area (Å²) >= 11 is 1.38. The first kappa shape index (κ1) is 18.1. The third-order valence-corrected chi connectivity index (χ3v) is 7.39. The van der Waals surface area contributed by atoms with E-state index >= 15 is 0 Å². The van der Waals surface area contributed by atoms with Crippen LogP contribution in [-0.4, -0.2) is 31.7 Å². The number of rotatable bonds is 4. The predicted octanol–water partition coefficient (Wildman–Crippen LogP) is 3.79. The van der Waals surface area contributed by atoms with Crippen molar-refractivity contribution in [2.75, 3.05) is 18.4 Å². The van der Waals surface area contributed by atoms with Crippen LogP contribution in [-0.2, 0) is 10.0 Å². The minimum atomic E-state index is -3.51. The molecule has 1 aromatic carbocycles. The Balaban J connectivity index is 1.88. The number of nitrogens with zero attached hydrogens (tertiary/aromatic N) is 1. The van der Waals surface area contributed by atoms with Crippen molar-refractivity contribution in [1.82, 2.24) is 4.31 Å². The average Bonchev–Trinajstić information content (AvgIpc) is 3.03. The Morgan fingerprint density at radius 1 is 1.08 bits per heavy atom. The lowest BCUT2D eigenvalue weighted by atomic mass is 10.2. The second-order valence-corrected chi connectivity index (χ2v) is 9.18. The molecule has 0 saturated carbocycles. The molecule has 1 aliphatic rings. The van der Waals surface area contributed by atoms with Crippen LogP contribution in [0.25, 0.3) is 0 Å². The van der Waals surface area contributed by atoms with E-state index in [0.717, 1.165) is 30.4 Å². The molecule has 1 aromatic heterocycles. The number of thiophene rings is 1. The Kier molecular flexibility index (Phi) is 5.27. The standard InChI is InChI=1S/C18H22N2O3S2/c1-13-6-7-15(25(22,23)20-9-4-3-5-10-20)12-16(13)19-18(21)17-14(2)8-11-24-17/h6-8,11-12H,3-5,9-10H2,1-2H3,(H,19,21). The number of hydrogen-bond acceptors (Lipinski definition) is 4. The van der Waals surface area contributed by atoms with Crippen molar-refractivity contribution in [3.63, 3.8) is 0 Å². The van der Waals surface area contributed by atoms with Crippen molar-refractivity contribution in [1.29, 1.82) is 0 Å². The first-order valence-corrected chi connectivity index (χ1v) is 10.7. The predicted molar refractivity (Wildman–Crippen MR) is 101 cm³/mol. The smallest absolute Gasteiger partial charge is 0.266 e. The van der Waals surface area contributed by atoms with Crippen LogP contribution in [0.2, 0.25) is 0 Å². The second kappa shape index (κ2) is 7.27. The van der Waals surface area contributed by atoms with E-state index in [-0.39, 0.29) is 10.8 Å². The average molecular weight is 379 g/mol. The van der Waals surface area contributed by atoms with E-state index in [4.69, 9.17) is 0 Å². The monoisotopic (exact) mass is 378 g/mol. The Morgan fingerprint density at radius 3 is 2.44 bits per heavy atom. The number of amides is 1. The van der Waals surface area contributed by atoms with E-state index in [0.29, 0.717) is 23.7 Å². The number of carbonyl (C=O) groups is 1. The highest BCUT2D eigenvalue weighted by atomic mass is 32.2. The van der Waals surface area contributed by atoms with Gasteiger partial charge in [-0.15, -0.1) is 11.3 Å². The van der Waals surface area contributed by atoms with Crippen LogP contribution in [0.1, 0.15) is 40.1 Å². The number of anilines is 1. The molecule has 5 nitrogen and oxygen atoms in total. The lowest BCUT2D eigenvalue weighted by molar-refractivity contribution is 0.103. The maximum atomic E-state index is 12.8. The zero-order valence-electron chi connectivity index (χ0n) is 14.4. The van der Waals surface area contributed by atoms with E-state index in [1.807, 2.05) is 25.3 Å². The quantitative estimate of drug-likeness (QED) is 0.880. The maximum absolute atomic E-state index is 12.8. The summed E-state index contributed by atoms with van der Waals surface area (Å²) < 4.78 is 27.2. The normalized spacial score (nSPS) is 15.9. The van der Waals surface area contributed by atoms with Crippen LogP contribution in [0.5, 0.6) is 0 Å². The van der Waals surface area contributed by atoms with Gasteiger partial charge in [0.2, 0.25) is 10.0 Å². The van der Waals surface area contributed by atoms with Gasteiger partial charge in [0.05, 0.1) is 9.77 Å². The molecule has 0 bridgehead atoms. The largest absolute Gasteiger partial charge is 0.321 e. The zero-order chi connectivity index (χ0) is 18.0. The topological polar surface area (TPSA) is 66.5 Å². The molecule has 1 N–H and O–H groups in total. The molecule has 0 aliphatic carbocycles. The van der Waals surface area contributed by atoms with E-state index < -0.39 is 10.0 Å². The molecular formula is C18H22N2O3S2. The highest BCUT2D eigenvalue weighted by molar-refractivity contribution is 7.89. The Bertz CT molecular complexity index is 881. The summed E-state index contributed by atoms with van der Waals surface area (Å²) in [5.41, 5.74) is 2.29. The number of carbonyl (C=O) groups excluding carboxylic acids is 1. The van der Waals surface area contributed by atoms with Crippen LogP contribution < -0.4 is 5.32 Å². The molecule has 0 radical (unpaired) electrons. The summed E-state index contributed by atoms with van der Waals surface area (Å²) in [5, 5.41) is 4.73. The van der Waals surface area contributed by atoms with Crippen molar-refractivity contribution in [2.45, 2.75) is 38.0 Å². The van der Waals surface area contributed by atoms with Crippen molar-refractivity contribution in [2.24, 2.45) is 0 Å². The fraction of sp³-hybridized carbons (Fsp3) is 0.389. The number of hydrogen-bond donors (Lipinski definition) is 1. The Morgan fingerprint density at radius 2 is 1.80 bits per heavy atom. The van der Waals surface area contributed by atoms with Crippen LogP contribution in [0.15, 0.2) is 34.5 Å². The minimum absolute atomic E-state index is 0.205. The van der Waals surface area contributed by atoms with Gasteiger partial charge >= 0.3 is 0 Å². The summed E-state index contributed by atoms with van der Waals surface area (Å²) in [6.45, 7) is 4.86. The van der Waals surface area contributed by atoms with Gasteiger partial charge < -0.3 is 5.32 Å². The molecule has 2 heterocycles. The summed E-state index contributed by atoms with van der Waals surface area (Å²) in [6.07, 6.45) is 2.86. The van der Waals surface area contributed by atoms with E-state index in [1.54, 1.807) is 18.2 Å². The van der Waals surface area contributed by atoms with Gasteiger partial charge in [-0.1, -0.05) is 12.5 Å². The molecule has 1 aliphatic heterocycles. The highest BCUT2D eigenvalue weighted by Gasteiger charge is 2.26. The van der Waals surface area contributed by atoms with Gasteiger partial charge in [-0.3, -0.25) is 4.79 Å². The van der Waals surface area contributed by atoms with Gasteiger partial charge in [-0.25, -0.2) is 8.42 Å². The van der Waals surface area contributed by atoms with Gasteiger partial charge in [0, 0.05) is 18.8 Å². The SMILES string of the molecule is Cc1ccc(S(=O)(=O)N2CCCCC2)cc1NC(=O)c1sccc1C. The highest BCUT2D eigenvalue weighted by Crippen LogP contribution is 2.26. The van der Waals surface area contributed by atoms with Crippen molar-refractivity contribution in [3.8, 4) is 0 Å². The van der Waals surface area contributed by atoms with E-state index in [2.05, 4.69) is 5.32 Å². The maximum Gasteiger partial charge on any atom is 0.266 e. The number of sulfonamides is 1. The molecule has 3 rings (SSSR count). The van der Waals surface area contributed by atoms with Gasteiger partial charge in [0.15, 0.2) is 0 Å². The Hall–Kier alpha value is -1.70. The summed E-state index contributed by atoms with van der Waals surface area (Å²) in [7, 11) is -3.51. The molecule has 25 heavy (non-hydrogen) atoms. The molecular weight excluding hydrogens is 356 g/mol. The molecule has 0 unspecified atom stereocenters. The van der Waals surface area contributed by atoms with Crippen LogP contribution in [0, 0.1) is 13.8 Å². The van der Waals surface area contributed by atoms with Gasteiger partial charge in [0.25, 0.3) is 5.91 Å².